The number of anilines is 1. The van der Waals surface area contributed by atoms with Crippen LogP contribution in [0.1, 0.15) is 22.4 Å². The number of nitrogens with one attached hydrogen (secondary N) is 1. The van der Waals surface area contributed by atoms with Crippen LogP contribution in [0.2, 0.25) is 5.02 Å². The second-order valence-electron chi connectivity index (χ2n) is 4.68. The Morgan fingerprint density at radius 2 is 2.21 bits per heavy atom. The molecule has 0 fully saturated rings. The number of benzene rings is 1. The zero-order chi connectivity index (χ0) is 17.4. The lowest BCUT2D eigenvalue weighted by Gasteiger charge is -2.13. The Morgan fingerprint density at radius 3 is 2.96 bits per heavy atom. The van der Waals surface area contributed by atoms with Gasteiger partial charge in [0.25, 0.3) is 5.91 Å². The van der Waals surface area contributed by atoms with Crippen molar-refractivity contribution in [2.75, 3.05) is 32.2 Å². The molecule has 0 saturated carbocycles. The standard InChI is InChI=1S/C16H19ClN2O4S/c1-3-22-7-8-23-15-11(17)5-4-6-12(15)19-16(20)13-10-24-14(18-13)9-21-2/h4-6,10H,3,7-9H2,1-2H3,(H,19,20). The molecule has 2 rings (SSSR count). The lowest BCUT2D eigenvalue weighted by molar-refractivity contribution is 0.102. The number of halogens is 1. The number of aromatic nitrogens is 1. The minimum absolute atomic E-state index is 0.326. The Morgan fingerprint density at radius 1 is 1.38 bits per heavy atom. The quantitative estimate of drug-likeness (QED) is 0.683. The van der Waals surface area contributed by atoms with Crippen molar-refractivity contribution in [2.24, 2.45) is 0 Å². The summed E-state index contributed by atoms with van der Waals surface area (Å²) < 4.78 is 15.9. The zero-order valence-electron chi connectivity index (χ0n) is 13.5. The molecule has 0 spiro atoms. The number of nitrogens with zero attached hydrogens (tertiary/aromatic N) is 1. The molecule has 0 radical (unpaired) electrons. The summed E-state index contributed by atoms with van der Waals surface area (Å²) in [6.45, 7) is 3.69. The van der Waals surface area contributed by atoms with Crippen LogP contribution in [0, 0.1) is 0 Å². The Hall–Kier alpha value is -1.67. The fourth-order valence-electron chi connectivity index (χ4n) is 1.89. The first-order valence-electron chi connectivity index (χ1n) is 7.39. The van der Waals surface area contributed by atoms with Crippen LogP contribution >= 0.6 is 22.9 Å². The first kappa shape index (κ1) is 18.7. The van der Waals surface area contributed by atoms with E-state index in [0.29, 0.717) is 48.6 Å². The maximum atomic E-state index is 12.3. The summed E-state index contributed by atoms with van der Waals surface area (Å²) in [5, 5.41) is 5.62. The largest absolute Gasteiger partial charge is 0.487 e. The maximum Gasteiger partial charge on any atom is 0.275 e. The van der Waals surface area contributed by atoms with Crippen molar-refractivity contribution >= 4 is 34.5 Å². The van der Waals surface area contributed by atoms with E-state index < -0.39 is 0 Å². The Kier molecular flexibility index (Phi) is 7.45. The molecular formula is C16H19ClN2O4S. The second kappa shape index (κ2) is 9.58. The van der Waals surface area contributed by atoms with Crippen molar-refractivity contribution in [1.29, 1.82) is 0 Å². The van der Waals surface area contributed by atoms with Gasteiger partial charge in [0.15, 0.2) is 5.75 Å². The van der Waals surface area contributed by atoms with Gasteiger partial charge in [-0.3, -0.25) is 4.79 Å². The van der Waals surface area contributed by atoms with Crippen LogP contribution in [0.25, 0.3) is 0 Å². The van der Waals surface area contributed by atoms with Crippen molar-refractivity contribution < 1.29 is 19.0 Å². The Balaban J connectivity index is 2.07. The average Bonchev–Trinajstić information content (AvgIpc) is 3.03. The van der Waals surface area contributed by atoms with Gasteiger partial charge in [-0.2, -0.15) is 0 Å². The van der Waals surface area contributed by atoms with Crippen molar-refractivity contribution in [3.8, 4) is 5.75 Å². The van der Waals surface area contributed by atoms with Gasteiger partial charge in [0, 0.05) is 19.1 Å². The van der Waals surface area contributed by atoms with E-state index >= 15 is 0 Å². The van der Waals surface area contributed by atoms with E-state index in [9.17, 15) is 4.79 Å². The number of thiazole rings is 1. The number of carbonyl (C=O) groups is 1. The van der Waals surface area contributed by atoms with E-state index in [2.05, 4.69) is 10.3 Å². The first-order valence-corrected chi connectivity index (χ1v) is 8.65. The molecule has 2 aromatic rings. The molecule has 0 atom stereocenters. The highest BCUT2D eigenvalue weighted by Gasteiger charge is 2.15. The molecule has 8 heteroatoms. The highest BCUT2D eigenvalue weighted by molar-refractivity contribution is 7.09. The number of carbonyl (C=O) groups excluding carboxylic acids is 1. The molecule has 1 heterocycles. The molecule has 0 unspecified atom stereocenters. The molecule has 1 amide bonds. The predicted octanol–water partition coefficient (Wildman–Crippen LogP) is 3.61. The summed E-state index contributed by atoms with van der Waals surface area (Å²) in [6.07, 6.45) is 0. The van der Waals surface area contributed by atoms with Gasteiger partial charge in [-0.05, 0) is 19.1 Å². The van der Waals surface area contributed by atoms with Crippen molar-refractivity contribution in [1.82, 2.24) is 4.98 Å². The summed E-state index contributed by atoms with van der Waals surface area (Å²) in [5.74, 6) is 0.0880. The molecule has 24 heavy (non-hydrogen) atoms. The highest BCUT2D eigenvalue weighted by Crippen LogP contribution is 2.33. The summed E-state index contributed by atoms with van der Waals surface area (Å²) >= 11 is 7.54. The normalized spacial score (nSPS) is 10.6. The molecule has 1 aromatic carbocycles. The van der Waals surface area contributed by atoms with Crippen LogP contribution < -0.4 is 10.1 Å². The SMILES string of the molecule is CCOCCOc1c(Cl)cccc1NC(=O)c1csc(COC)n1. The van der Waals surface area contributed by atoms with E-state index in [4.69, 9.17) is 25.8 Å². The lowest BCUT2D eigenvalue weighted by atomic mass is 10.2. The third kappa shape index (κ3) is 5.17. The fourth-order valence-corrected chi connectivity index (χ4v) is 2.87. The Bertz CT molecular complexity index is 678. The van der Waals surface area contributed by atoms with Gasteiger partial charge >= 0.3 is 0 Å². The molecular weight excluding hydrogens is 352 g/mol. The monoisotopic (exact) mass is 370 g/mol. The highest BCUT2D eigenvalue weighted by atomic mass is 35.5. The zero-order valence-corrected chi connectivity index (χ0v) is 15.1. The minimum atomic E-state index is -0.328. The smallest absolute Gasteiger partial charge is 0.275 e. The Labute approximate surface area is 149 Å². The van der Waals surface area contributed by atoms with Gasteiger partial charge in [0.05, 0.1) is 23.9 Å². The number of para-hydroxylation sites is 1. The summed E-state index contributed by atoms with van der Waals surface area (Å²) in [5.41, 5.74) is 0.817. The number of rotatable bonds is 9. The molecule has 0 saturated heterocycles. The van der Waals surface area contributed by atoms with Crippen LogP contribution in [-0.4, -0.2) is 37.8 Å². The molecule has 0 aliphatic carbocycles. The number of hydrogen-bond acceptors (Lipinski definition) is 6. The molecule has 0 aliphatic heterocycles. The first-order chi connectivity index (χ1) is 11.7. The van der Waals surface area contributed by atoms with Crippen molar-refractivity contribution in [2.45, 2.75) is 13.5 Å². The van der Waals surface area contributed by atoms with E-state index in [1.807, 2.05) is 6.92 Å². The van der Waals surface area contributed by atoms with E-state index in [1.165, 1.54) is 11.3 Å². The molecule has 6 nitrogen and oxygen atoms in total. The third-order valence-corrected chi connectivity index (χ3v) is 4.07. The van der Waals surface area contributed by atoms with Gasteiger partial charge in [0.2, 0.25) is 0 Å². The number of ether oxygens (including phenoxy) is 3. The van der Waals surface area contributed by atoms with Gasteiger partial charge < -0.3 is 19.5 Å². The summed E-state index contributed by atoms with van der Waals surface area (Å²) in [7, 11) is 1.58. The number of methoxy groups -OCH3 is 1. The van der Waals surface area contributed by atoms with E-state index in [1.54, 1.807) is 30.7 Å². The molecule has 0 bridgehead atoms. The van der Waals surface area contributed by atoms with Crippen LogP contribution in [0.15, 0.2) is 23.6 Å². The van der Waals surface area contributed by atoms with E-state index in [-0.39, 0.29) is 5.91 Å². The van der Waals surface area contributed by atoms with Crippen LogP contribution in [0.4, 0.5) is 5.69 Å². The average molecular weight is 371 g/mol. The van der Waals surface area contributed by atoms with Gasteiger partial charge in [-0.25, -0.2) is 4.98 Å². The number of hydrogen-bond donors (Lipinski definition) is 1. The van der Waals surface area contributed by atoms with Crippen LogP contribution in [0.5, 0.6) is 5.75 Å². The van der Waals surface area contributed by atoms with Crippen molar-refractivity contribution in [3.63, 3.8) is 0 Å². The maximum absolute atomic E-state index is 12.3. The van der Waals surface area contributed by atoms with E-state index in [0.717, 1.165) is 5.01 Å². The summed E-state index contributed by atoms with van der Waals surface area (Å²) in [4.78, 5) is 16.6. The molecule has 130 valence electrons. The topological polar surface area (TPSA) is 69.7 Å². The van der Waals surface area contributed by atoms with Gasteiger partial charge in [-0.15, -0.1) is 11.3 Å². The molecule has 0 aliphatic rings. The van der Waals surface area contributed by atoms with Gasteiger partial charge in [0.1, 0.15) is 17.3 Å². The minimum Gasteiger partial charge on any atom is -0.487 e. The van der Waals surface area contributed by atoms with Crippen molar-refractivity contribution in [3.05, 3.63) is 39.3 Å². The molecule has 1 aromatic heterocycles. The molecule has 1 N–H and O–H groups in total. The van der Waals surface area contributed by atoms with Gasteiger partial charge in [-0.1, -0.05) is 17.7 Å². The third-order valence-electron chi connectivity index (χ3n) is 2.95. The fraction of sp³-hybridized carbons (Fsp3) is 0.375. The predicted molar refractivity (Wildman–Crippen MR) is 94.2 cm³/mol. The van der Waals surface area contributed by atoms with Crippen LogP contribution in [0.3, 0.4) is 0 Å². The lowest BCUT2D eigenvalue weighted by Crippen LogP contribution is -2.14. The van der Waals surface area contributed by atoms with Crippen LogP contribution in [-0.2, 0) is 16.1 Å². The number of amides is 1. The second-order valence-corrected chi connectivity index (χ2v) is 6.03. The summed E-state index contributed by atoms with van der Waals surface area (Å²) in [6, 6.07) is 5.17.